The van der Waals surface area contributed by atoms with Crippen molar-refractivity contribution in [2.45, 2.75) is 20.8 Å². The lowest BCUT2D eigenvalue weighted by molar-refractivity contribution is 0.0473. The molecule has 0 saturated heterocycles. The van der Waals surface area contributed by atoms with Gasteiger partial charge in [0.25, 0.3) is 0 Å². The van der Waals surface area contributed by atoms with E-state index in [4.69, 9.17) is 9.26 Å². The van der Waals surface area contributed by atoms with E-state index in [9.17, 15) is 9.59 Å². The highest BCUT2D eigenvalue weighted by molar-refractivity contribution is 14.1. The van der Waals surface area contributed by atoms with Gasteiger partial charge in [-0.15, -0.1) is 0 Å². The van der Waals surface area contributed by atoms with Crippen LogP contribution < -0.4 is 0 Å². The van der Waals surface area contributed by atoms with Crippen LogP contribution in [0.5, 0.6) is 0 Å². The molecule has 1 aromatic carbocycles. The summed E-state index contributed by atoms with van der Waals surface area (Å²) in [5.74, 6) is 0.535. The quantitative estimate of drug-likeness (QED) is 0.324. The number of hydrogen-bond donors (Lipinski definition) is 0. The van der Waals surface area contributed by atoms with Crippen LogP contribution in [0.3, 0.4) is 0 Å². The minimum absolute atomic E-state index is 0.260. The maximum Gasteiger partial charge on any atom is 0.339 e. The Morgan fingerprint density at radius 3 is 2.54 bits per heavy atom. The summed E-state index contributed by atoms with van der Waals surface area (Å²) in [4.78, 5) is 24.7. The van der Waals surface area contributed by atoms with Gasteiger partial charge in [0, 0.05) is 26.6 Å². The third kappa shape index (κ3) is 3.57. The molecule has 0 aliphatic carbocycles. The molecule has 0 fully saturated rings. The van der Waals surface area contributed by atoms with Gasteiger partial charge in [-0.1, -0.05) is 17.3 Å². The number of carbonyl (C=O) groups is 2. The summed E-state index contributed by atoms with van der Waals surface area (Å²) < 4.78 is 12.9. The molecule has 0 atom stereocenters. The van der Waals surface area contributed by atoms with E-state index in [0.29, 0.717) is 22.7 Å². The minimum atomic E-state index is -0.510. The fraction of sp³-hybridized carbons (Fsp3) is 0.211. The summed E-state index contributed by atoms with van der Waals surface area (Å²) in [6, 6.07) is 10.6. The third-order valence-corrected chi connectivity index (χ3v) is 4.94. The smallest absolute Gasteiger partial charge is 0.339 e. The number of halogens is 1. The molecule has 0 bridgehead atoms. The Morgan fingerprint density at radius 1 is 1.15 bits per heavy atom. The Kier molecular flexibility index (Phi) is 5.26. The normalized spacial score (nSPS) is 10.8. The first kappa shape index (κ1) is 18.4. The standard InChI is InChI=1S/C19H17IN2O4/c1-11-8-15(13(3)22(11)18-9-12(2)26-21-18)17(23)10-25-19(24)14-6-4-5-7-16(14)20/h4-9H,10H2,1-3H3. The summed E-state index contributed by atoms with van der Waals surface area (Å²) in [6.45, 7) is 5.20. The molecular weight excluding hydrogens is 447 g/mol. The Hall–Kier alpha value is -2.42. The first-order valence-electron chi connectivity index (χ1n) is 7.96. The molecule has 0 saturated carbocycles. The number of rotatable bonds is 5. The van der Waals surface area contributed by atoms with E-state index >= 15 is 0 Å². The van der Waals surface area contributed by atoms with Crippen LogP contribution in [0.15, 0.2) is 40.9 Å². The van der Waals surface area contributed by atoms with Gasteiger partial charge >= 0.3 is 5.97 Å². The van der Waals surface area contributed by atoms with Crippen LogP contribution in [0.2, 0.25) is 0 Å². The molecule has 6 nitrogen and oxygen atoms in total. The monoisotopic (exact) mass is 464 g/mol. The van der Waals surface area contributed by atoms with Crippen molar-refractivity contribution in [1.29, 1.82) is 0 Å². The van der Waals surface area contributed by atoms with E-state index < -0.39 is 5.97 Å². The fourth-order valence-corrected chi connectivity index (χ4v) is 3.38. The molecule has 0 amide bonds. The van der Waals surface area contributed by atoms with E-state index in [2.05, 4.69) is 27.7 Å². The predicted molar refractivity (Wildman–Crippen MR) is 104 cm³/mol. The lowest BCUT2D eigenvalue weighted by Crippen LogP contribution is -2.15. The predicted octanol–water partition coefficient (Wildman–Crippen LogP) is 4.03. The Labute approximate surface area is 164 Å². The van der Waals surface area contributed by atoms with E-state index in [1.807, 2.05) is 30.5 Å². The zero-order valence-corrected chi connectivity index (χ0v) is 16.7. The highest BCUT2D eigenvalue weighted by Crippen LogP contribution is 2.21. The van der Waals surface area contributed by atoms with Crippen molar-refractivity contribution < 1.29 is 18.8 Å². The lowest BCUT2D eigenvalue weighted by atomic mass is 10.1. The van der Waals surface area contributed by atoms with Gasteiger partial charge in [0.2, 0.25) is 5.78 Å². The summed E-state index contributed by atoms with van der Waals surface area (Å²) in [6.07, 6.45) is 0. The van der Waals surface area contributed by atoms with Gasteiger partial charge in [-0.25, -0.2) is 4.79 Å². The molecule has 3 aromatic rings. The second-order valence-corrected chi connectivity index (χ2v) is 7.06. The van der Waals surface area contributed by atoms with Gasteiger partial charge < -0.3 is 9.26 Å². The van der Waals surface area contributed by atoms with Crippen molar-refractivity contribution in [2.75, 3.05) is 6.61 Å². The van der Waals surface area contributed by atoms with Crippen molar-refractivity contribution in [2.24, 2.45) is 0 Å². The van der Waals surface area contributed by atoms with Crippen LogP contribution in [0, 0.1) is 24.3 Å². The number of ketones is 1. The van der Waals surface area contributed by atoms with Gasteiger partial charge in [-0.05, 0) is 61.6 Å². The van der Waals surface area contributed by atoms with Gasteiger partial charge in [0.1, 0.15) is 5.76 Å². The van der Waals surface area contributed by atoms with E-state index in [-0.39, 0.29) is 12.4 Å². The number of hydrogen-bond acceptors (Lipinski definition) is 5. The molecule has 0 aliphatic rings. The van der Waals surface area contributed by atoms with Crippen molar-refractivity contribution in [3.8, 4) is 5.82 Å². The second kappa shape index (κ2) is 7.45. The molecule has 7 heteroatoms. The zero-order chi connectivity index (χ0) is 18.8. The molecule has 0 radical (unpaired) electrons. The number of esters is 1. The lowest BCUT2D eigenvalue weighted by Gasteiger charge is -2.07. The molecule has 0 N–H and O–H groups in total. The number of ether oxygens (including phenoxy) is 1. The first-order chi connectivity index (χ1) is 12.4. The minimum Gasteiger partial charge on any atom is -0.454 e. The van der Waals surface area contributed by atoms with Crippen molar-refractivity contribution in [3.05, 3.63) is 68.2 Å². The molecule has 2 aromatic heterocycles. The van der Waals surface area contributed by atoms with Crippen molar-refractivity contribution in [3.63, 3.8) is 0 Å². The first-order valence-corrected chi connectivity index (χ1v) is 9.04. The topological polar surface area (TPSA) is 74.3 Å². The van der Waals surface area contributed by atoms with Crippen molar-refractivity contribution in [1.82, 2.24) is 9.72 Å². The maximum atomic E-state index is 12.6. The maximum absolute atomic E-state index is 12.6. The van der Waals surface area contributed by atoms with Crippen molar-refractivity contribution >= 4 is 34.3 Å². The van der Waals surface area contributed by atoms with Gasteiger partial charge in [0.15, 0.2) is 12.4 Å². The molecule has 26 heavy (non-hydrogen) atoms. The zero-order valence-electron chi connectivity index (χ0n) is 14.6. The van der Waals surface area contributed by atoms with Crippen LogP contribution >= 0.6 is 22.6 Å². The molecular formula is C19H17IN2O4. The van der Waals surface area contributed by atoms with Crippen LogP contribution in [0.1, 0.15) is 37.9 Å². The van der Waals surface area contributed by atoms with Crippen LogP contribution in [-0.2, 0) is 4.74 Å². The molecule has 0 unspecified atom stereocenters. The summed E-state index contributed by atoms with van der Waals surface area (Å²) in [5, 5.41) is 3.99. The summed E-state index contributed by atoms with van der Waals surface area (Å²) >= 11 is 2.06. The fourth-order valence-electron chi connectivity index (χ4n) is 2.77. The van der Waals surface area contributed by atoms with Crippen LogP contribution in [-0.4, -0.2) is 28.1 Å². The Bertz CT molecular complexity index is 987. The van der Waals surface area contributed by atoms with E-state index in [1.54, 1.807) is 31.2 Å². The van der Waals surface area contributed by atoms with E-state index in [0.717, 1.165) is 15.0 Å². The van der Waals surface area contributed by atoms with Crippen LogP contribution in [0.25, 0.3) is 5.82 Å². The number of aromatic nitrogens is 2. The number of Topliss-reactive ketones (excluding diaryl/α,β-unsaturated/α-hetero) is 1. The SMILES string of the molecule is Cc1cc(-n2c(C)cc(C(=O)COC(=O)c3ccccc3I)c2C)no1. The van der Waals surface area contributed by atoms with Gasteiger partial charge in [-0.3, -0.25) is 9.36 Å². The molecule has 2 heterocycles. The molecule has 0 spiro atoms. The van der Waals surface area contributed by atoms with Gasteiger partial charge in [-0.2, -0.15) is 0 Å². The highest BCUT2D eigenvalue weighted by atomic mass is 127. The number of carbonyl (C=O) groups excluding carboxylic acids is 2. The average molecular weight is 464 g/mol. The number of benzene rings is 1. The van der Waals surface area contributed by atoms with Crippen LogP contribution in [0.4, 0.5) is 0 Å². The highest BCUT2D eigenvalue weighted by Gasteiger charge is 2.20. The average Bonchev–Trinajstić information content (AvgIpc) is 3.15. The summed E-state index contributed by atoms with van der Waals surface area (Å²) in [7, 11) is 0. The number of aryl methyl sites for hydroxylation is 2. The Morgan fingerprint density at radius 2 is 1.88 bits per heavy atom. The third-order valence-electron chi connectivity index (χ3n) is 4.00. The molecule has 134 valence electrons. The second-order valence-electron chi connectivity index (χ2n) is 5.90. The summed E-state index contributed by atoms with van der Waals surface area (Å²) in [5.41, 5.74) is 2.53. The largest absolute Gasteiger partial charge is 0.454 e. The van der Waals surface area contributed by atoms with E-state index in [1.165, 1.54) is 0 Å². The van der Waals surface area contributed by atoms with Gasteiger partial charge in [0.05, 0.1) is 5.56 Å². The molecule has 0 aliphatic heterocycles. The molecule has 3 rings (SSSR count). The number of nitrogens with zero attached hydrogens (tertiary/aromatic N) is 2. The Balaban J connectivity index is 1.77.